The van der Waals surface area contributed by atoms with Crippen molar-refractivity contribution >= 4 is 16.5 Å². The van der Waals surface area contributed by atoms with Gasteiger partial charge in [-0.2, -0.15) is 5.10 Å². The summed E-state index contributed by atoms with van der Waals surface area (Å²) in [7, 11) is 0. The molecular weight excluding hydrogens is 222 g/mol. The lowest BCUT2D eigenvalue weighted by Crippen LogP contribution is -2.05. The molecule has 16 heavy (non-hydrogen) atoms. The van der Waals surface area contributed by atoms with E-state index in [4.69, 9.17) is 0 Å². The molecule has 0 fully saturated rings. The van der Waals surface area contributed by atoms with Crippen molar-refractivity contribution in [2.24, 2.45) is 0 Å². The molecule has 0 unspecified atom stereocenters. The third kappa shape index (κ3) is 2.57. The Morgan fingerprint density at radius 1 is 1.50 bits per heavy atom. The molecule has 2 aromatic heterocycles. The van der Waals surface area contributed by atoms with Crippen LogP contribution in [0.15, 0.2) is 12.4 Å². The van der Waals surface area contributed by atoms with Gasteiger partial charge in [0.25, 0.3) is 0 Å². The number of nitrogens with one attached hydrogen (secondary N) is 1. The van der Waals surface area contributed by atoms with E-state index in [-0.39, 0.29) is 0 Å². The van der Waals surface area contributed by atoms with Crippen LogP contribution in [0.25, 0.3) is 0 Å². The lowest BCUT2D eigenvalue weighted by atomic mass is 10.4. The van der Waals surface area contributed by atoms with Crippen LogP contribution in [0, 0.1) is 6.92 Å². The smallest absolute Gasteiger partial charge is 0.135 e. The minimum Gasteiger partial charge on any atom is -0.374 e. The predicted molar refractivity (Wildman–Crippen MR) is 64.8 cm³/mol. The molecule has 0 saturated heterocycles. The van der Waals surface area contributed by atoms with E-state index < -0.39 is 0 Å². The van der Waals surface area contributed by atoms with E-state index in [2.05, 4.69) is 26.9 Å². The largest absolute Gasteiger partial charge is 0.374 e. The number of anilines is 1. The first-order valence-electron chi connectivity index (χ1n) is 5.33. The standard InChI is InChI=1S/C10H15N5S/c1-3-4-11-10-9(13-14-16-10)7-15-6-8(2)5-12-15/h5-6,11H,3-4,7H2,1-2H3. The highest BCUT2D eigenvalue weighted by Gasteiger charge is 2.08. The van der Waals surface area contributed by atoms with Crippen LogP contribution < -0.4 is 5.32 Å². The van der Waals surface area contributed by atoms with Crippen LogP contribution in [-0.4, -0.2) is 25.9 Å². The zero-order valence-electron chi connectivity index (χ0n) is 9.47. The fourth-order valence-electron chi connectivity index (χ4n) is 1.39. The topological polar surface area (TPSA) is 55.6 Å². The molecular formula is C10H15N5S. The first-order valence-corrected chi connectivity index (χ1v) is 6.11. The maximum absolute atomic E-state index is 4.24. The van der Waals surface area contributed by atoms with Gasteiger partial charge in [0.05, 0.1) is 12.7 Å². The molecule has 2 heterocycles. The average Bonchev–Trinajstić information content (AvgIpc) is 2.86. The summed E-state index contributed by atoms with van der Waals surface area (Å²) < 4.78 is 5.84. The molecule has 0 radical (unpaired) electrons. The van der Waals surface area contributed by atoms with Gasteiger partial charge in [0.15, 0.2) is 0 Å². The summed E-state index contributed by atoms with van der Waals surface area (Å²) in [5.41, 5.74) is 2.12. The first-order chi connectivity index (χ1) is 7.79. The molecule has 0 aliphatic rings. The third-order valence-corrected chi connectivity index (χ3v) is 2.89. The number of nitrogens with zero attached hydrogens (tertiary/aromatic N) is 4. The average molecular weight is 237 g/mol. The Labute approximate surface area is 98.7 Å². The van der Waals surface area contributed by atoms with E-state index >= 15 is 0 Å². The van der Waals surface area contributed by atoms with Crippen LogP contribution in [-0.2, 0) is 6.54 Å². The maximum Gasteiger partial charge on any atom is 0.135 e. The van der Waals surface area contributed by atoms with E-state index in [1.165, 1.54) is 11.5 Å². The predicted octanol–water partition coefficient (Wildman–Crippen LogP) is 1.91. The van der Waals surface area contributed by atoms with Gasteiger partial charge in [0, 0.05) is 24.3 Å². The Balaban J connectivity index is 2.06. The van der Waals surface area contributed by atoms with Gasteiger partial charge in [-0.3, -0.25) is 4.68 Å². The van der Waals surface area contributed by atoms with Crippen LogP contribution in [0.5, 0.6) is 0 Å². The Bertz CT molecular complexity index is 448. The molecule has 5 nitrogen and oxygen atoms in total. The van der Waals surface area contributed by atoms with Gasteiger partial charge in [0.1, 0.15) is 10.7 Å². The molecule has 86 valence electrons. The highest BCUT2D eigenvalue weighted by molar-refractivity contribution is 7.10. The van der Waals surface area contributed by atoms with Crippen molar-refractivity contribution in [2.45, 2.75) is 26.8 Å². The molecule has 0 spiro atoms. The van der Waals surface area contributed by atoms with Gasteiger partial charge in [-0.15, -0.1) is 5.10 Å². The van der Waals surface area contributed by atoms with Crippen molar-refractivity contribution in [3.8, 4) is 0 Å². The van der Waals surface area contributed by atoms with Crippen LogP contribution in [0.1, 0.15) is 24.6 Å². The monoisotopic (exact) mass is 237 g/mol. The van der Waals surface area contributed by atoms with Crippen molar-refractivity contribution in [2.75, 3.05) is 11.9 Å². The Kier molecular flexibility index (Phi) is 3.51. The van der Waals surface area contributed by atoms with Gasteiger partial charge in [-0.25, -0.2) is 0 Å². The zero-order valence-corrected chi connectivity index (χ0v) is 10.3. The summed E-state index contributed by atoms with van der Waals surface area (Å²) in [5, 5.41) is 12.7. The second kappa shape index (κ2) is 5.07. The van der Waals surface area contributed by atoms with Gasteiger partial charge in [0.2, 0.25) is 0 Å². The zero-order chi connectivity index (χ0) is 11.4. The summed E-state index contributed by atoms with van der Waals surface area (Å²) in [6, 6.07) is 0. The second-order valence-electron chi connectivity index (χ2n) is 3.69. The van der Waals surface area contributed by atoms with Crippen molar-refractivity contribution in [3.05, 3.63) is 23.7 Å². The maximum atomic E-state index is 4.24. The summed E-state index contributed by atoms with van der Waals surface area (Å²) in [6.45, 7) is 5.79. The lowest BCUT2D eigenvalue weighted by Gasteiger charge is -2.03. The van der Waals surface area contributed by atoms with Crippen molar-refractivity contribution in [1.29, 1.82) is 0 Å². The van der Waals surface area contributed by atoms with Crippen molar-refractivity contribution in [1.82, 2.24) is 19.4 Å². The summed E-state index contributed by atoms with van der Waals surface area (Å²) in [6.07, 6.45) is 4.94. The molecule has 0 atom stereocenters. The van der Waals surface area contributed by atoms with E-state index in [0.29, 0.717) is 6.54 Å². The molecule has 0 aliphatic carbocycles. The van der Waals surface area contributed by atoms with E-state index in [1.807, 2.05) is 24.0 Å². The molecule has 6 heteroatoms. The molecule has 0 bridgehead atoms. The van der Waals surface area contributed by atoms with Crippen LogP contribution in [0.3, 0.4) is 0 Å². The quantitative estimate of drug-likeness (QED) is 0.863. The SMILES string of the molecule is CCCNc1snnc1Cn1cc(C)cn1. The first kappa shape index (κ1) is 11.1. The van der Waals surface area contributed by atoms with Gasteiger partial charge < -0.3 is 5.32 Å². The highest BCUT2D eigenvalue weighted by atomic mass is 32.1. The summed E-state index contributed by atoms with van der Waals surface area (Å²) in [4.78, 5) is 0. The number of hydrogen-bond acceptors (Lipinski definition) is 5. The molecule has 0 aliphatic heterocycles. The van der Waals surface area contributed by atoms with Crippen LogP contribution in [0.2, 0.25) is 0 Å². The van der Waals surface area contributed by atoms with Gasteiger partial charge in [-0.1, -0.05) is 11.4 Å². The van der Waals surface area contributed by atoms with Gasteiger partial charge >= 0.3 is 0 Å². The molecule has 0 amide bonds. The molecule has 0 saturated carbocycles. The second-order valence-corrected chi connectivity index (χ2v) is 4.44. The van der Waals surface area contributed by atoms with Gasteiger partial charge in [-0.05, 0) is 18.9 Å². The number of aryl methyl sites for hydroxylation is 1. The molecule has 1 N–H and O–H groups in total. The van der Waals surface area contributed by atoms with Crippen molar-refractivity contribution < 1.29 is 0 Å². The summed E-state index contributed by atoms with van der Waals surface area (Å²) in [5.74, 6) is 0. The Morgan fingerprint density at radius 2 is 2.38 bits per heavy atom. The van der Waals surface area contributed by atoms with Crippen LogP contribution in [0.4, 0.5) is 5.00 Å². The minimum atomic E-state index is 0.677. The minimum absolute atomic E-state index is 0.677. The van der Waals surface area contributed by atoms with Crippen LogP contribution >= 0.6 is 11.5 Å². The Hall–Kier alpha value is -1.43. The number of rotatable bonds is 5. The Morgan fingerprint density at radius 3 is 3.06 bits per heavy atom. The molecule has 0 aromatic carbocycles. The third-order valence-electron chi connectivity index (χ3n) is 2.17. The molecule has 2 aromatic rings. The highest BCUT2D eigenvalue weighted by Crippen LogP contribution is 2.18. The normalized spacial score (nSPS) is 10.6. The van der Waals surface area contributed by atoms with E-state index in [1.54, 1.807) is 0 Å². The summed E-state index contributed by atoms with van der Waals surface area (Å²) >= 11 is 1.40. The fourth-order valence-corrected chi connectivity index (χ4v) is 1.99. The van der Waals surface area contributed by atoms with E-state index in [0.717, 1.165) is 29.2 Å². The van der Waals surface area contributed by atoms with Crippen molar-refractivity contribution in [3.63, 3.8) is 0 Å². The fraction of sp³-hybridized carbons (Fsp3) is 0.500. The molecule has 2 rings (SSSR count). The lowest BCUT2D eigenvalue weighted by molar-refractivity contribution is 0.670. The van der Waals surface area contributed by atoms with E-state index in [9.17, 15) is 0 Å². The number of aromatic nitrogens is 4. The number of hydrogen-bond donors (Lipinski definition) is 1.